The van der Waals surface area contributed by atoms with Crippen LogP contribution in [0.5, 0.6) is 0 Å². The molecule has 2 unspecified atom stereocenters. The lowest BCUT2D eigenvalue weighted by molar-refractivity contribution is 0.157. The largest absolute Gasteiger partial charge is 0.301 e. The number of fused-ring (bicyclic) bond motifs is 1. The summed E-state index contributed by atoms with van der Waals surface area (Å²) in [7, 11) is -3.52. The highest BCUT2D eigenvalue weighted by atomic mass is 32.2. The number of hydrogen-bond donors (Lipinski definition) is 1. The number of benzene rings is 2. The summed E-state index contributed by atoms with van der Waals surface area (Å²) in [6.45, 7) is 6.49. The number of hydrogen-bond acceptors (Lipinski definition) is 3. The third-order valence-corrected chi connectivity index (χ3v) is 7.07. The molecule has 0 aliphatic carbocycles. The smallest absolute Gasteiger partial charge is 0.241 e. The zero-order valence-corrected chi connectivity index (χ0v) is 16.6. The first-order valence-electron chi connectivity index (χ1n) is 9.71. The molecule has 1 saturated heterocycles. The monoisotopic (exact) mass is 374 g/mol. The molecule has 2 atom stereocenters. The molecule has 0 radical (unpaired) electrons. The molecule has 2 aromatic carbocycles. The average Bonchev–Trinajstić information content (AvgIpc) is 2.62. The highest BCUT2D eigenvalue weighted by Gasteiger charge is 2.21. The maximum Gasteiger partial charge on any atom is 0.241 e. The van der Waals surface area contributed by atoms with Crippen LogP contribution in [0.15, 0.2) is 47.4 Å². The molecule has 1 aliphatic heterocycles. The van der Waals surface area contributed by atoms with Crippen LogP contribution in [-0.4, -0.2) is 38.5 Å². The first-order valence-corrected chi connectivity index (χ1v) is 11.2. The Hall–Kier alpha value is -1.43. The quantitative estimate of drug-likeness (QED) is 0.792. The second-order valence-corrected chi connectivity index (χ2v) is 9.21. The summed E-state index contributed by atoms with van der Waals surface area (Å²) in [4.78, 5) is 2.90. The molecule has 0 amide bonds. The minimum atomic E-state index is -3.52. The zero-order valence-electron chi connectivity index (χ0n) is 15.8. The van der Waals surface area contributed by atoms with E-state index < -0.39 is 10.0 Å². The Labute approximate surface area is 157 Å². The fraction of sp³-hybridized carbons (Fsp3) is 0.524. The van der Waals surface area contributed by atoms with Gasteiger partial charge in [0.05, 0.1) is 4.90 Å². The molecule has 0 spiro atoms. The lowest BCUT2D eigenvalue weighted by Gasteiger charge is -2.33. The number of piperidine rings is 1. The Balaban J connectivity index is 1.60. The molecular weight excluding hydrogens is 344 g/mol. The zero-order chi connectivity index (χ0) is 18.6. The Morgan fingerprint density at radius 2 is 1.92 bits per heavy atom. The van der Waals surface area contributed by atoms with E-state index in [1.807, 2.05) is 37.3 Å². The first-order chi connectivity index (χ1) is 12.5. The molecule has 26 heavy (non-hydrogen) atoms. The van der Waals surface area contributed by atoms with Crippen molar-refractivity contribution in [2.45, 2.75) is 62.9 Å². The van der Waals surface area contributed by atoms with Gasteiger partial charge in [0, 0.05) is 17.5 Å². The van der Waals surface area contributed by atoms with Crippen LogP contribution in [0.1, 0.15) is 46.0 Å². The van der Waals surface area contributed by atoms with Crippen molar-refractivity contribution in [3.8, 4) is 0 Å². The van der Waals surface area contributed by atoms with Crippen LogP contribution in [0.2, 0.25) is 0 Å². The summed E-state index contributed by atoms with van der Waals surface area (Å²) in [5.41, 5.74) is 0. The van der Waals surface area contributed by atoms with Crippen molar-refractivity contribution >= 4 is 20.8 Å². The predicted octanol–water partition coefficient (Wildman–Crippen LogP) is 4.16. The molecule has 0 bridgehead atoms. The van der Waals surface area contributed by atoms with Gasteiger partial charge in [-0.1, -0.05) is 42.8 Å². The average molecular weight is 375 g/mol. The Bertz CT molecular complexity index is 830. The van der Waals surface area contributed by atoms with Crippen molar-refractivity contribution in [3.63, 3.8) is 0 Å². The standard InChI is InChI=1S/C21H30N2O2S/c1-17(9-8-16-23-15-6-5-10-18(23)2)22-26(24,25)21-14-7-12-19-11-3-4-13-20(19)21/h3-4,7,11-14,17-18,22H,5-6,8-10,15-16H2,1-2H3. The fourth-order valence-corrected chi connectivity index (χ4v) is 5.42. The van der Waals surface area contributed by atoms with Gasteiger partial charge < -0.3 is 4.90 Å². The number of rotatable bonds is 7. The lowest BCUT2D eigenvalue weighted by atomic mass is 10.0. The van der Waals surface area contributed by atoms with Crippen LogP contribution < -0.4 is 4.72 Å². The van der Waals surface area contributed by atoms with Gasteiger partial charge in [-0.25, -0.2) is 13.1 Å². The molecule has 1 N–H and O–H groups in total. The molecule has 2 aromatic rings. The third-order valence-electron chi connectivity index (χ3n) is 5.42. The summed E-state index contributed by atoms with van der Waals surface area (Å²) < 4.78 is 28.6. The van der Waals surface area contributed by atoms with E-state index >= 15 is 0 Å². The van der Waals surface area contributed by atoms with Crippen molar-refractivity contribution in [1.29, 1.82) is 0 Å². The van der Waals surface area contributed by atoms with Crippen LogP contribution >= 0.6 is 0 Å². The molecule has 1 heterocycles. The molecule has 4 nitrogen and oxygen atoms in total. The molecule has 1 aliphatic rings. The van der Waals surface area contributed by atoms with Crippen molar-refractivity contribution in [1.82, 2.24) is 9.62 Å². The Kier molecular flexibility index (Phi) is 6.33. The SMILES string of the molecule is CC(CCCN1CCCCC1C)NS(=O)(=O)c1cccc2ccccc12. The van der Waals surface area contributed by atoms with Crippen molar-refractivity contribution in [2.75, 3.05) is 13.1 Å². The highest BCUT2D eigenvalue weighted by molar-refractivity contribution is 7.89. The van der Waals surface area contributed by atoms with E-state index in [0.29, 0.717) is 10.9 Å². The normalized spacial score (nSPS) is 20.3. The van der Waals surface area contributed by atoms with Crippen molar-refractivity contribution in [3.05, 3.63) is 42.5 Å². The van der Waals surface area contributed by atoms with Gasteiger partial charge in [-0.05, 0) is 64.1 Å². The predicted molar refractivity (Wildman–Crippen MR) is 108 cm³/mol. The lowest BCUT2D eigenvalue weighted by Crippen LogP contribution is -2.39. The van der Waals surface area contributed by atoms with Crippen LogP contribution in [0.3, 0.4) is 0 Å². The maximum absolute atomic E-state index is 12.9. The molecule has 142 valence electrons. The van der Waals surface area contributed by atoms with E-state index in [4.69, 9.17) is 0 Å². The van der Waals surface area contributed by atoms with E-state index in [1.54, 1.807) is 12.1 Å². The maximum atomic E-state index is 12.9. The van der Waals surface area contributed by atoms with Gasteiger partial charge >= 0.3 is 0 Å². The Morgan fingerprint density at radius 1 is 1.15 bits per heavy atom. The number of nitrogens with one attached hydrogen (secondary N) is 1. The van der Waals surface area contributed by atoms with E-state index in [9.17, 15) is 8.42 Å². The van der Waals surface area contributed by atoms with Gasteiger partial charge in [-0.2, -0.15) is 0 Å². The van der Waals surface area contributed by atoms with Crippen LogP contribution in [0, 0.1) is 0 Å². The molecule has 3 rings (SSSR count). The third kappa shape index (κ3) is 4.64. The van der Waals surface area contributed by atoms with E-state index in [1.165, 1.54) is 25.8 Å². The minimum absolute atomic E-state index is 0.0703. The van der Waals surface area contributed by atoms with Gasteiger partial charge in [0.2, 0.25) is 10.0 Å². The van der Waals surface area contributed by atoms with Crippen molar-refractivity contribution in [2.24, 2.45) is 0 Å². The van der Waals surface area contributed by atoms with E-state index in [2.05, 4.69) is 16.5 Å². The van der Waals surface area contributed by atoms with E-state index in [-0.39, 0.29) is 6.04 Å². The highest BCUT2D eigenvalue weighted by Crippen LogP contribution is 2.23. The molecule has 1 fully saturated rings. The number of sulfonamides is 1. The second kappa shape index (κ2) is 8.51. The number of nitrogens with zero attached hydrogens (tertiary/aromatic N) is 1. The summed E-state index contributed by atoms with van der Waals surface area (Å²) >= 11 is 0. The van der Waals surface area contributed by atoms with Gasteiger partial charge in [-0.15, -0.1) is 0 Å². The summed E-state index contributed by atoms with van der Waals surface area (Å²) in [5, 5.41) is 1.72. The molecule has 0 aromatic heterocycles. The van der Waals surface area contributed by atoms with Gasteiger partial charge in [0.25, 0.3) is 0 Å². The molecular formula is C21H30N2O2S. The summed E-state index contributed by atoms with van der Waals surface area (Å²) in [6, 6.07) is 13.6. The summed E-state index contributed by atoms with van der Waals surface area (Å²) in [6.07, 6.45) is 5.77. The minimum Gasteiger partial charge on any atom is -0.301 e. The molecule has 0 saturated carbocycles. The Morgan fingerprint density at radius 3 is 2.73 bits per heavy atom. The second-order valence-electron chi connectivity index (χ2n) is 7.52. The fourth-order valence-electron chi connectivity index (χ4n) is 3.91. The van der Waals surface area contributed by atoms with Gasteiger partial charge in [0.1, 0.15) is 0 Å². The summed E-state index contributed by atoms with van der Waals surface area (Å²) in [5.74, 6) is 0. The number of likely N-dealkylation sites (tertiary alicyclic amines) is 1. The van der Waals surface area contributed by atoms with Crippen LogP contribution in [-0.2, 0) is 10.0 Å². The van der Waals surface area contributed by atoms with Crippen LogP contribution in [0.4, 0.5) is 0 Å². The van der Waals surface area contributed by atoms with E-state index in [0.717, 1.165) is 30.2 Å². The first kappa shape index (κ1) is 19.3. The topological polar surface area (TPSA) is 49.4 Å². The van der Waals surface area contributed by atoms with Gasteiger partial charge in [-0.3, -0.25) is 0 Å². The van der Waals surface area contributed by atoms with Crippen LogP contribution in [0.25, 0.3) is 10.8 Å². The molecule has 5 heteroatoms. The van der Waals surface area contributed by atoms with Crippen molar-refractivity contribution < 1.29 is 8.42 Å². The van der Waals surface area contributed by atoms with Gasteiger partial charge in [0.15, 0.2) is 0 Å².